The standard InChI is InChI=1S/C24H29N5O3/c25-10-14-1-2-20(27-11-14)29-4-3-16-12-28(13-19(16)29)23(31)32-21-17-5-15-6-18(21)9-24(7-15,8-17)22(26)30/h1-2,11,15-19,21H,3-9,12-13H2,(H2,26,30)/t15?,16?,17-,18?,19?,21?,24?/m0/s1. The predicted octanol–water partition coefficient (Wildman–Crippen LogP) is 2.28. The summed E-state index contributed by atoms with van der Waals surface area (Å²) in [5.74, 6) is 2.19. The molecule has 2 aliphatic heterocycles. The van der Waals surface area contributed by atoms with E-state index in [-0.39, 0.29) is 41.4 Å². The highest BCUT2D eigenvalue weighted by Crippen LogP contribution is 2.60. The second-order valence-electron chi connectivity index (χ2n) is 10.7. The fraction of sp³-hybridized carbons (Fsp3) is 0.667. The van der Waals surface area contributed by atoms with Crippen molar-refractivity contribution in [2.45, 2.75) is 50.7 Å². The van der Waals surface area contributed by atoms with E-state index in [0.29, 0.717) is 30.5 Å². The van der Waals surface area contributed by atoms with Crippen LogP contribution in [0.5, 0.6) is 0 Å². The van der Waals surface area contributed by atoms with Crippen molar-refractivity contribution in [3.8, 4) is 6.07 Å². The number of rotatable bonds is 3. The highest BCUT2D eigenvalue weighted by molar-refractivity contribution is 5.81. The Balaban J connectivity index is 1.12. The van der Waals surface area contributed by atoms with Gasteiger partial charge in [-0.3, -0.25) is 4.79 Å². The molecule has 6 fully saturated rings. The van der Waals surface area contributed by atoms with Crippen LogP contribution in [0.3, 0.4) is 0 Å². The van der Waals surface area contributed by atoms with Crippen LogP contribution in [0.1, 0.15) is 44.1 Å². The molecule has 0 radical (unpaired) electrons. The van der Waals surface area contributed by atoms with Crippen LogP contribution in [-0.2, 0) is 9.53 Å². The van der Waals surface area contributed by atoms with Crippen molar-refractivity contribution in [3.63, 3.8) is 0 Å². The van der Waals surface area contributed by atoms with Gasteiger partial charge >= 0.3 is 6.09 Å². The zero-order chi connectivity index (χ0) is 22.0. The van der Waals surface area contributed by atoms with Crippen molar-refractivity contribution in [2.24, 2.45) is 34.8 Å². The van der Waals surface area contributed by atoms with Crippen molar-refractivity contribution < 1.29 is 14.3 Å². The van der Waals surface area contributed by atoms with E-state index < -0.39 is 0 Å². The van der Waals surface area contributed by atoms with Crippen LogP contribution < -0.4 is 10.6 Å². The summed E-state index contributed by atoms with van der Waals surface area (Å²) in [6, 6.07) is 6.03. The molecule has 2 N–H and O–H groups in total. The van der Waals surface area contributed by atoms with Crippen molar-refractivity contribution in [1.82, 2.24) is 9.88 Å². The molecule has 2 amide bonds. The first kappa shape index (κ1) is 19.8. The van der Waals surface area contributed by atoms with Crippen LogP contribution in [0.4, 0.5) is 10.6 Å². The number of amides is 2. The SMILES string of the molecule is N#Cc1ccc(N2CCC3CN(C(=O)OC4C5CC6C[C@H]4CC(C(N)=O)(C6)C5)CC32)nc1. The first-order valence-electron chi connectivity index (χ1n) is 11.8. The third-order valence-corrected chi connectivity index (χ3v) is 8.92. The van der Waals surface area contributed by atoms with Gasteiger partial charge in [0.05, 0.1) is 17.0 Å². The molecule has 7 atom stereocenters. The second kappa shape index (κ2) is 7.09. The molecule has 4 aliphatic carbocycles. The number of aromatic nitrogens is 1. The smallest absolute Gasteiger partial charge is 0.410 e. The number of hydrogen-bond donors (Lipinski definition) is 1. The van der Waals surface area contributed by atoms with Gasteiger partial charge in [0.25, 0.3) is 0 Å². The maximum atomic E-state index is 13.2. The van der Waals surface area contributed by atoms with Gasteiger partial charge in [-0.15, -0.1) is 0 Å². The van der Waals surface area contributed by atoms with Gasteiger partial charge < -0.3 is 20.3 Å². The fourth-order valence-corrected chi connectivity index (χ4v) is 7.68. The predicted molar refractivity (Wildman–Crippen MR) is 115 cm³/mol. The number of primary amides is 1. The van der Waals surface area contributed by atoms with E-state index in [2.05, 4.69) is 16.0 Å². The van der Waals surface area contributed by atoms with E-state index >= 15 is 0 Å². The molecule has 168 valence electrons. The van der Waals surface area contributed by atoms with Crippen molar-refractivity contribution >= 4 is 17.8 Å². The van der Waals surface area contributed by atoms with Crippen molar-refractivity contribution in [3.05, 3.63) is 23.9 Å². The zero-order valence-corrected chi connectivity index (χ0v) is 18.2. The number of hydrogen-bond acceptors (Lipinski definition) is 6. The molecule has 2 saturated heterocycles. The van der Waals surface area contributed by atoms with E-state index in [9.17, 15) is 9.59 Å². The lowest BCUT2D eigenvalue weighted by Crippen LogP contribution is -2.59. The molecule has 4 bridgehead atoms. The number of nitrogens with zero attached hydrogens (tertiary/aromatic N) is 4. The molecule has 4 saturated carbocycles. The summed E-state index contributed by atoms with van der Waals surface area (Å²) in [5, 5.41) is 9.01. The second-order valence-corrected chi connectivity index (χ2v) is 10.7. The zero-order valence-electron chi connectivity index (χ0n) is 18.2. The average Bonchev–Trinajstić information content (AvgIpc) is 3.37. The minimum atomic E-state index is -0.362. The largest absolute Gasteiger partial charge is 0.446 e. The van der Waals surface area contributed by atoms with Gasteiger partial charge in [-0.25, -0.2) is 9.78 Å². The monoisotopic (exact) mass is 435 g/mol. The van der Waals surface area contributed by atoms with Crippen molar-refractivity contribution in [2.75, 3.05) is 24.5 Å². The Morgan fingerprint density at radius 3 is 2.59 bits per heavy atom. The molecule has 6 unspecified atom stereocenters. The summed E-state index contributed by atoms with van der Waals surface area (Å²) in [6.45, 7) is 2.27. The highest BCUT2D eigenvalue weighted by Gasteiger charge is 2.59. The van der Waals surface area contributed by atoms with Crippen LogP contribution in [0, 0.1) is 40.4 Å². The minimum Gasteiger partial charge on any atom is -0.446 e. The number of fused-ring (bicyclic) bond motifs is 1. The van der Waals surface area contributed by atoms with E-state index in [4.69, 9.17) is 15.7 Å². The normalized spacial score (nSPS) is 39.1. The van der Waals surface area contributed by atoms with Crippen LogP contribution >= 0.6 is 0 Å². The number of anilines is 1. The molecular weight excluding hydrogens is 406 g/mol. The number of carbonyl (C=O) groups excluding carboxylic acids is 2. The molecule has 7 rings (SSSR count). The van der Waals surface area contributed by atoms with E-state index in [1.807, 2.05) is 11.0 Å². The van der Waals surface area contributed by atoms with Gasteiger partial charge in [-0.05, 0) is 68.4 Å². The van der Waals surface area contributed by atoms with Crippen LogP contribution in [-0.4, -0.2) is 53.7 Å². The summed E-state index contributed by atoms with van der Waals surface area (Å²) < 4.78 is 6.14. The van der Waals surface area contributed by atoms with E-state index in [1.165, 1.54) is 0 Å². The number of carbonyl (C=O) groups is 2. The molecule has 6 aliphatic rings. The Morgan fingerprint density at radius 1 is 1.16 bits per heavy atom. The van der Waals surface area contributed by atoms with Gasteiger partial charge in [0, 0.05) is 31.7 Å². The third kappa shape index (κ3) is 2.97. The Labute approximate surface area is 187 Å². The molecule has 0 aromatic carbocycles. The summed E-state index contributed by atoms with van der Waals surface area (Å²) in [7, 11) is 0. The fourth-order valence-electron chi connectivity index (χ4n) is 7.68. The van der Waals surface area contributed by atoms with Gasteiger partial charge in [0.15, 0.2) is 0 Å². The van der Waals surface area contributed by atoms with E-state index in [0.717, 1.165) is 50.9 Å². The topological polar surface area (TPSA) is 113 Å². The Kier molecular flexibility index (Phi) is 4.40. The van der Waals surface area contributed by atoms with Crippen LogP contribution in [0.25, 0.3) is 0 Å². The van der Waals surface area contributed by atoms with Crippen LogP contribution in [0.15, 0.2) is 18.3 Å². The quantitative estimate of drug-likeness (QED) is 0.779. The van der Waals surface area contributed by atoms with Crippen LogP contribution in [0.2, 0.25) is 0 Å². The Morgan fingerprint density at radius 2 is 1.94 bits per heavy atom. The number of nitriles is 1. The van der Waals surface area contributed by atoms with Gasteiger partial charge in [-0.2, -0.15) is 5.26 Å². The number of likely N-dealkylation sites (tertiary alicyclic amines) is 1. The molecule has 3 heterocycles. The minimum absolute atomic E-state index is 0.0803. The molecule has 1 aromatic rings. The third-order valence-electron chi connectivity index (χ3n) is 8.92. The molecule has 0 spiro atoms. The molecule has 1 aromatic heterocycles. The Hall–Kier alpha value is -2.82. The Bertz CT molecular complexity index is 972. The summed E-state index contributed by atoms with van der Waals surface area (Å²) in [5.41, 5.74) is 5.98. The lowest BCUT2D eigenvalue weighted by Gasteiger charge is -2.58. The van der Waals surface area contributed by atoms with Crippen molar-refractivity contribution in [1.29, 1.82) is 5.26 Å². The summed E-state index contributed by atoms with van der Waals surface area (Å²) >= 11 is 0. The summed E-state index contributed by atoms with van der Waals surface area (Å²) in [6.07, 6.45) is 6.90. The maximum absolute atomic E-state index is 13.2. The maximum Gasteiger partial charge on any atom is 0.410 e. The number of pyridine rings is 1. The van der Waals surface area contributed by atoms with Gasteiger partial charge in [-0.1, -0.05) is 0 Å². The highest BCUT2D eigenvalue weighted by atomic mass is 16.6. The van der Waals surface area contributed by atoms with Gasteiger partial charge in [0.1, 0.15) is 18.0 Å². The lowest BCUT2D eigenvalue weighted by molar-refractivity contribution is -0.161. The van der Waals surface area contributed by atoms with E-state index in [1.54, 1.807) is 12.3 Å². The first-order chi connectivity index (χ1) is 15.5. The molecule has 8 nitrogen and oxygen atoms in total. The van der Waals surface area contributed by atoms with Gasteiger partial charge in [0.2, 0.25) is 5.91 Å². The average molecular weight is 436 g/mol. The summed E-state index contributed by atoms with van der Waals surface area (Å²) in [4.78, 5) is 33.9. The first-order valence-corrected chi connectivity index (χ1v) is 11.8. The molecule has 8 heteroatoms. The number of ether oxygens (including phenoxy) is 1. The number of nitrogens with two attached hydrogens (primary N) is 1. The molecular formula is C24H29N5O3. The molecule has 32 heavy (non-hydrogen) atoms. The lowest BCUT2D eigenvalue weighted by atomic mass is 9.48.